The highest BCUT2D eigenvalue weighted by atomic mass is 35.5. The number of para-hydroxylation sites is 2. The van der Waals surface area contributed by atoms with Gasteiger partial charge >= 0.3 is 10.8 Å². The second kappa shape index (κ2) is 17.4. The van der Waals surface area contributed by atoms with Gasteiger partial charge in [0.05, 0.1) is 17.5 Å². The first-order chi connectivity index (χ1) is 12.9. The molecule has 1 amide bonds. The third-order valence-corrected chi connectivity index (χ3v) is 2.79. The molecule has 4 nitrogen and oxygen atoms in total. The number of benzene rings is 2. The molecule has 27 heavy (non-hydrogen) atoms. The Labute approximate surface area is 173 Å². The number of nitrogens with zero attached hydrogens (tertiary/aromatic N) is 1. The first-order valence-corrected chi connectivity index (χ1v) is 9.63. The fourth-order valence-corrected chi connectivity index (χ4v) is 2.06. The summed E-state index contributed by atoms with van der Waals surface area (Å²) in [5.74, 6) is 0. The molecule has 0 aliphatic rings. The van der Waals surface area contributed by atoms with Crippen LogP contribution in [0.1, 0.15) is 41.5 Å². The maximum atomic E-state index is 11.4. The summed E-state index contributed by atoms with van der Waals surface area (Å²) >= 11 is 10.4. The largest absolute Gasteiger partial charge is 0.451 e. The average Bonchev–Trinajstić information content (AvgIpc) is 2.66. The number of hydrogen-bond donors (Lipinski definition) is 0. The van der Waals surface area contributed by atoms with Crippen LogP contribution in [0.3, 0.4) is 0 Å². The van der Waals surface area contributed by atoms with Gasteiger partial charge in [0.15, 0.2) is 0 Å². The summed E-state index contributed by atoms with van der Waals surface area (Å²) in [7, 11) is 0. The standard InChI is InChI=1S/C13H10ClNO.C4H7ClO2.2C2H6/c14-13(16)15(11-7-3-1-4-8-11)12-9-5-2-6-10-12;1-3(2)7-4(5)6;2*1-2/h1-10H;3H,1-2H3;2*1-2H3. The Morgan fingerprint density at radius 3 is 1.30 bits per heavy atom. The number of carbonyl (C=O) groups is 2. The van der Waals surface area contributed by atoms with Crippen LogP contribution in [-0.2, 0) is 4.74 Å². The van der Waals surface area contributed by atoms with Gasteiger partial charge in [0, 0.05) is 11.6 Å². The Hall–Kier alpha value is -2.04. The van der Waals surface area contributed by atoms with E-state index in [2.05, 4.69) is 4.74 Å². The summed E-state index contributed by atoms with van der Waals surface area (Å²) < 4.78 is 4.38. The van der Waals surface area contributed by atoms with Crippen molar-refractivity contribution in [2.75, 3.05) is 4.90 Å². The monoisotopic (exact) mass is 413 g/mol. The topological polar surface area (TPSA) is 46.6 Å². The Bertz CT molecular complexity index is 580. The molecule has 0 aliphatic heterocycles. The minimum atomic E-state index is -0.741. The molecule has 6 heteroatoms. The number of ether oxygens (including phenoxy) is 1. The third kappa shape index (κ3) is 12.9. The van der Waals surface area contributed by atoms with E-state index in [0.29, 0.717) is 0 Å². The molecule has 0 radical (unpaired) electrons. The predicted molar refractivity (Wildman–Crippen MR) is 116 cm³/mol. The summed E-state index contributed by atoms with van der Waals surface area (Å²) in [4.78, 5) is 22.7. The van der Waals surface area contributed by atoms with E-state index in [4.69, 9.17) is 23.2 Å². The van der Waals surface area contributed by atoms with Crippen LogP contribution in [-0.4, -0.2) is 16.9 Å². The first kappa shape index (κ1) is 27.2. The Morgan fingerprint density at radius 1 is 0.778 bits per heavy atom. The van der Waals surface area contributed by atoms with Crippen LogP contribution in [0, 0.1) is 0 Å². The summed E-state index contributed by atoms with van der Waals surface area (Å²) in [6.45, 7) is 11.5. The van der Waals surface area contributed by atoms with Gasteiger partial charge in [0.1, 0.15) is 0 Å². The van der Waals surface area contributed by atoms with Crippen molar-refractivity contribution in [2.24, 2.45) is 0 Å². The summed E-state index contributed by atoms with van der Waals surface area (Å²) in [6, 6.07) is 18.6. The van der Waals surface area contributed by atoms with Gasteiger partial charge in [-0.15, -0.1) is 0 Å². The molecular weight excluding hydrogens is 385 g/mol. The molecule has 0 aliphatic carbocycles. The highest BCUT2D eigenvalue weighted by Gasteiger charge is 2.14. The number of rotatable bonds is 3. The van der Waals surface area contributed by atoms with Crippen molar-refractivity contribution in [1.82, 2.24) is 0 Å². The van der Waals surface area contributed by atoms with Crippen molar-refractivity contribution in [3.8, 4) is 0 Å². The molecule has 150 valence electrons. The van der Waals surface area contributed by atoms with Crippen molar-refractivity contribution in [3.05, 3.63) is 60.7 Å². The second-order valence-electron chi connectivity index (χ2n) is 4.66. The summed E-state index contributed by atoms with van der Waals surface area (Å²) in [5.41, 5.74) is 0.775. The number of carbonyl (C=O) groups excluding carboxylic acids is 2. The van der Waals surface area contributed by atoms with Crippen LogP contribution in [0.25, 0.3) is 0 Å². The molecule has 0 fully saturated rings. The zero-order chi connectivity index (χ0) is 21.2. The molecule has 0 N–H and O–H groups in total. The van der Waals surface area contributed by atoms with Crippen LogP contribution in [0.15, 0.2) is 60.7 Å². The van der Waals surface area contributed by atoms with Gasteiger partial charge in [0.2, 0.25) is 0 Å². The van der Waals surface area contributed by atoms with Gasteiger partial charge in [-0.25, -0.2) is 4.79 Å². The number of anilines is 2. The number of hydrogen-bond acceptors (Lipinski definition) is 3. The van der Waals surface area contributed by atoms with E-state index < -0.39 is 10.8 Å². The van der Waals surface area contributed by atoms with Crippen molar-refractivity contribution >= 4 is 45.4 Å². The van der Waals surface area contributed by atoms with Gasteiger partial charge in [0.25, 0.3) is 0 Å². The molecular formula is C21H29Cl2NO3. The van der Waals surface area contributed by atoms with Gasteiger partial charge in [-0.3, -0.25) is 9.69 Å². The lowest BCUT2D eigenvalue weighted by Crippen LogP contribution is -2.19. The molecule has 0 saturated heterocycles. The Morgan fingerprint density at radius 2 is 1.11 bits per heavy atom. The fourth-order valence-electron chi connectivity index (χ4n) is 1.69. The highest BCUT2D eigenvalue weighted by Crippen LogP contribution is 2.26. The van der Waals surface area contributed by atoms with Crippen LogP contribution in [0.5, 0.6) is 0 Å². The molecule has 0 heterocycles. The molecule has 0 atom stereocenters. The number of amides is 1. The van der Waals surface area contributed by atoms with E-state index in [1.165, 1.54) is 4.90 Å². The van der Waals surface area contributed by atoms with E-state index in [-0.39, 0.29) is 6.10 Å². The fraction of sp³-hybridized carbons (Fsp3) is 0.333. The first-order valence-electron chi connectivity index (χ1n) is 8.87. The van der Waals surface area contributed by atoms with Crippen LogP contribution < -0.4 is 4.90 Å². The van der Waals surface area contributed by atoms with Crippen LogP contribution in [0.2, 0.25) is 0 Å². The second-order valence-corrected chi connectivity index (χ2v) is 5.30. The molecule has 0 unspecified atom stereocenters. The van der Waals surface area contributed by atoms with E-state index in [1.54, 1.807) is 13.8 Å². The van der Waals surface area contributed by atoms with Crippen LogP contribution in [0.4, 0.5) is 21.0 Å². The van der Waals surface area contributed by atoms with Gasteiger partial charge < -0.3 is 4.74 Å². The zero-order valence-corrected chi connectivity index (χ0v) is 18.3. The molecule has 2 rings (SSSR count). The summed E-state index contributed by atoms with van der Waals surface area (Å²) in [5, 5.41) is -0.516. The van der Waals surface area contributed by atoms with Crippen molar-refractivity contribution in [1.29, 1.82) is 0 Å². The Balaban J connectivity index is 0. The molecule has 0 saturated carbocycles. The lowest BCUT2D eigenvalue weighted by Gasteiger charge is -2.19. The van der Waals surface area contributed by atoms with Crippen molar-refractivity contribution in [3.63, 3.8) is 0 Å². The van der Waals surface area contributed by atoms with E-state index >= 15 is 0 Å². The van der Waals surface area contributed by atoms with Gasteiger partial charge in [-0.1, -0.05) is 64.1 Å². The van der Waals surface area contributed by atoms with E-state index in [9.17, 15) is 9.59 Å². The predicted octanol–water partition coefficient (Wildman–Crippen LogP) is 8.01. The molecule has 2 aromatic rings. The average molecular weight is 414 g/mol. The Kier molecular flexibility index (Phi) is 17.5. The minimum Gasteiger partial charge on any atom is -0.451 e. The smallest absolute Gasteiger partial charge is 0.404 e. The van der Waals surface area contributed by atoms with Gasteiger partial charge in [-0.2, -0.15) is 0 Å². The minimum absolute atomic E-state index is 0.106. The molecule has 0 aromatic heterocycles. The summed E-state index contributed by atoms with van der Waals surface area (Å²) in [6.07, 6.45) is -0.106. The van der Waals surface area contributed by atoms with E-state index in [0.717, 1.165) is 11.4 Å². The van der Waals surface area contributed by atoms with Crippen molar-refractivity contribution < 1.29 is 14.3 Å². The lowest BCUT2D eigenvalue weighted by atomic mass is 10.2. The highest BCUT2D eigenvalue weighted by molar-refractivity contribution is 6.67. The van der Waals surface area contributed by atoms with Crippen LogP contribution >= 0.6 is 23.2 Å². The zero-order valence-electron chi connectivity index (χ0n) is 16.8. The quantitative estimate of drug-likeness (QED) is 0.377. The molecule has 0 bridgehead atoms. The SMILES string of the molecule is CC.CC.CC(C)OC(=O)Cl.O=C(Cl)N(c1ccccc1)c1ccccc1. The third-order valence-electron chi connectivity index (χ3n) is 2.53. The molecule has 0 spiro atoms. The van der Waals surface area contributed by atoms with E-state index in [1.807, 2.05) is 88.4 Å². The normalized spacial score (nSPS) is 8.63. The maximum Gasteiger partial charge on any atom is 0.404 e. The molecule has 2 aromatic carbocycles. The van der Waals surface area contributed by atoms with Gasteiger partial charge in [-0.05, 0) is 49.7 Å². The number of halogens is 2. The maximum absolute atomic E-state index is 11.4. The lowest BCUT2D eigenvalue weighted by molar-refractivity contribution is 0.141. The van der Waals surface area contributed by atoms with Crippen molar-refractivity contribution in [2.45, 2.75) is 47.6 Å².